The molecule has 0 spiro atoms. The molecule has 2 heterocycles. The molecule has 100 valence electrons. The standard InChI is InChI=1S/C10H17N5O2S/c1-14-7-12-13-9(14)18-5-2-8-6-15(10(16)17)4-3-11-8/h7-8,11H,2-6H2,1H3,(H,16,17)/t8-/m1/s1. The van der Waals surface area contributed by atoms with Crippen molar-refractivity contribution in [3.63, 3.8) is 0 Å². The van der Waals surface area contributed by atoms with E-state index < -0.39 is 6.09 Å². The van der Waals surface area contributed by atoms with Crippen molar-refractivity contribution in [1.29, 1.82) is 0 Å². The van der Waals surface area contributed by atoms with Gasteiger partial charge in [0.15, 0.2) is 5.16 Å². The van der Waals surface area contributed by atoms with E-state index in [1.807, 2.05) is 11.6 Å². The molecular formula is C10H17N5O2S. The molecule has 0 unspecified atom stereocenters. The summed E-state index contributed by atoms with van der Waals surface area (Å²) in [6.45, 7) is 1.86. The quantitative estimate of drug-likeness (QED) is 0.764. The van der Waals surface area contributed by atoms with Crippen molar-refractivity contribution in [2.45, 2.75) is 17.6 Å². The van der Waals surface area contributed by atoms with Gasteiger partial charge >= 0.3 is 6.09 Å². The molecule has 0 bridgehead atoms. The second-order valence-electron chi connectivity index (χ2n) is 4.24. The van der Waals surface area contributed by atoms with Crippen LogP contribution in [0.25, 0.3) is 0 Å². The zero-order valence-corrected chi connectivity index (χ0v) is 11.1. The van der Waals surface area contributed by atoms with Gasteiger partial charge in [-0.15, -0.1) is 10.2 Å². The van der Waals surface area contributed by atoms with E-state index in [-0.39, 0.29) is 6.04 Å². The predicted molar refractivity (Wildman–Crippen MR) is 67.7 cm³/mol. The van der Waals surface area contributed by atoms with Crippen LogP contribution in [0.15, 0.2) is 11.5 Å². The van der Waals surface area contributed by atoms with Gasteiger partial charge < -0.3 is 19.9 Å². The highest BCUT2D eigenvalue weighted by atomic mass is 32.2. The maximum absolute atomic E-state index is 10.9. The Labute approximate surface area is 110 Å². The van der Waals surface area contributed by atoms with Gasteiger partial charge in [-0.2, -0.15) is 0 Å². The number of hydrogen-bond donors (Lipinski definition) is 2. The summed E-state index contributed by atoms with van der Waals surface area (Å²) in [7, 11) is 1.91. The van der Waals surface area contributed by atoms with Crippen LogP contribution in [-0.4, -0.2) is 62.3 Å². The van der Waals surface area contributed by atoms with Crippen LogP contribution in [0.4, 0.5) is 4.79 Å². The van der Waals surface area contributed by atoms with Crippen LogP contribution in [0.1, 0.15) is 6.42 Å². The summed E-state index contributed by atoms with van der Waals surface area (Å²) in [6, 6.07) is 0.232. The molecule has 1 amide bonds. The molecule has 2 N–H and O–H groups in total. The van der Waals surface area contributed by atoms with Gasteiger partial charge in [0.2, 0.25) is 0 Å². The summed E-state index contributed by atoms with van der Waals surface area (Å²) in [5, 5.41) is 21.0. The first kappa shape index (κ1) is 13.2. The Morgan fingerprint density at radius 1 is 1.72 bits per heavy atom. The molecule has 0 aromatic carbocycles. The van der Waals surface area contributed by atoms with Gasteiger partial charge in [0.05, 0.1) is 0 Å². The fourth-order valence-corrected chi connectivity index (χ4v) is 2.83. The Bertz CT molecular complexity index is 411. The Morgan fingerprint density at radius 2 is 2.56 bits per heavy atom. The number of nitrogens with zero attached hydrogens (tertiary/aromatic N) is 4. The third-order valence-electron chi connectivity index (χ3n) is 2.89. The lowest BCUT2D eigenvalue weighted by atomic mass is 10.2. The highest BCUT2D eigenvalue weighted by Crippen LogP contribution is 2.16. The second kappa shape index (κ2) is 6.05. The summed E-state index contributed by atoms with van der Waals surface area (Å²) >= 11 is 1.64. The number of carbonyl (C=O) groups is 1. The molecule has 1 aliphatic heterocycles. The topological polar surface area (TPSA) is 83.3 Å². The molecular weight excluding hydrogens is 254 g/mol. The lowest BCUT2D eigenvalue weighted by molar-refractivity contribution is 0.128. The molecule has 1 fully saturated rings. The SMILES string of the molecule is Cn1cnnc1SCC[C@@H]1CN(C(=O)O)CCN1. The van der Waals surface area contributed by atoms with E-state index in [1.165, 1.54) is 4.90 Å². The van der Waals surface area contributed by atoms with E-state index in [0.29, 0.717) is 13.1 Å². The number of aryl methyl sites for hydroxylation is 1. The third kappa shape index (κ3) is 3.36. The second-order valence-corrected chi connectivity index (χ2v) is 5.30. The summed E-state index contributed by atoms with van der Waals surface area (Å²) < 4.78 is 1.88. The van der Waals surface area contributed by atoms with Crippen LogP contribution in [0.5, 0.6) is 0 Å². The van der Waals surface area contributed by atoms with Gasteiger partial charge in [0, 0.05) is 38.5 Å². The Kier molecular flexibility index (Phi) is 4.43. The van der Waals surface area contributed by atoms with Crippen molar-refractivity contribution >= 4 is 17.9 Å². The van der Waals surface area contributed by atoms with E-state index >= 15 is 0 Å². The lowest BCUT2D eigenvalue weighted by Gasteiger charge is -2.31. The molecule has 0 saturated carbocycles. The summed E-state index contributed by atoms with van der Waals surface area (Å²) in [5.74, 6) is 0.900. The Morgan fingerprint density at radius 3 is 3.22 bits per heavy atom. The number of thioether (sulfide) groups is 1. The molecule has 1 aromatic rings. The van der Waals surface area contributed by atoms with Crippen molar-refractivity contribution in [2.24, 2.45) is 7.05 Å². The minimum atomic E-state index is -0.831. The lowest BCUT2D eigenvalue weighted by Crippen LogP contribution is -2.52. The van der Waals surface area contributed by atoms with Crippen molar-refractivity contribution in [1.82, 2.24) is 25.0 Å². The Hall–Kier alpha value is -1.28. The van der Waals surface area contributed by atoms with E-state index in [2.05, 4.69) is 15.5 Å². The summed E-state index contributed by atoms with van der Waals surface area (Å²) in [5.41, 5.74) is 0. The average Bonchev–Trinajstić information content (AvgIpc) is 2.76. The number of nitrogens with one attached hydrogen (secondary N) is 1. The highest BCUT2D eigenvalue weighted by molar-refractivity contribution is 7.99. The van der Waals surface area contributed by atoms with Crippen molar-refractivity contribution in [2.75, 3.05) is 25.4 Å². The first-order valence-corrected chi connectivity index (χ1v) is 6.83. The number of carboxylic acid groups (broad SMARTS) is 1. The normalized spacial score (nSPS) is 20.1. The van der Waals surface area contributed by atoms with Crippen LogP contribution in [0, 0.1) is 0 Å². The molecule has 8 heteroatoms. The maximum Gasteiger partial charge on any atom is 0.407 e. The number of hydrogen-bond acceptors (Lipinski definition) is 5. The van der Waals surface area contributed by atoms with E-state index in [1.54, 1.807) is 18.1 Å². The van der Waals surface area contributed by atoms with Crippen LogP contribution in [0.3, 0.4) is 0 Å². The smallest absolute Gasteiger partial charge is 0.407 e. The van der Waals surface area contributed by atoms with E-state index in [0.717, 1.165) is 23.9 Å². The first-order valence-electron chi connectivity index (χ1n) is 5.85. The predicted octanol–water partition coefficient (Wildman–Crippen LogP) is 0.249. The fraction of sp³-hybridized carbons (Fsp3) is 0.700. The van der Waals surface area contributed by atoms with E-state index in [4.69, 9.17) is 5.11 Å². The van der Waals surface area contributed by atoms with E-state index in [9.17, 15) is 4.79 Å². The van der Waals surface area contributed by atoms with Gasteiger partial charge in [-0.3, -0.25) is 0 Å². The molecule has 0 radical (unpaired) electrons. The van der Waals surface area contributed by atoms with Crippen LogP contribution >= 0.6 is 11.8 Å². The van der Waals surface area contributed by atoms with Gasteiger partial charge in [-0.05, 0) is 6.42 Å². The molecule has 1 aliphatic rings. The first-order chi connectivity index (χ1) is 8.66. The van der Waals surface area contributed by atoms with Crippen LogP contribution < -0.4 is 5.32 Å². The Balaban J connectivity index is 1.73. The molecule has 0 aliphatic carbocycles. The fourth-order valence-electron chi connectivity index (χ4n) is 1.89. The van der Waals surface area contributed by atoms with Crippen molar-refractivity contribution < 1.29 is 9.90 Å². The van der Waals surface area contributed by atoms with Crippen LogP contribution in [-0.2, 0) is 7.05 Å². The number of aromatic nitrogens is 3. The molecule has 1 aromatic heterocycles. The molecule has 18 heavy (non-hydrogen) atoms. The number of rotatable bonds is 4. The maximum atomic E-state index is 10.9. The van der Waals surface area contributed by atoms with Crippen molar-refractivity contribution in [3.8, 4) is 0 Å². The van der Waals surface area contributed by atoms with Crippen molar-refractivity contribution in [3.05, 3.63) is 6.33 Å². The van der Waals surface area contributed by atoms with Gasteiger partial charge in [0.1, 0.15) is 6.33 Å². The van der Waals surface area contributed by atoms with Gasteiger partial charge in [-0.25, -0.2) is 4.79 Å². The largest absolute Gasteiger partial charge is 0.465 e. The monoisotopic (exact) mass is 271 g/mol. The third-order valence-corrected chi connectivity index (χ3v) is 3.96. The average molecular weight is 271 g/mol. The highest BCUT2D eigenvalue weighted by Gasteiger charge is 2.22. The minimum Gasteiger partial charge on any atom is -0.465 e. The molecule has 7 nitrogen and oxygen atoms in total. The number of piperazine rings is 1. The van der Waals surface area contributed by atoms with Gasteiger partial charge in [-0.1, -0.05) is 11.8 Å². The zero-order valence-electron chi connectivity index (χ0n) is 10.2. The number of amides is 1. The van der Waals surface area contributed by atoms with Gasteiger partial charge in [0.25, 0.3) is 0 Å². The van der Waals surface area contributed by atoms with Crippen LogP contribution in [0.2, 0.25) is 0 Å². The molecule has 1 atom stereocenters. The zero-order chi connectivity index (χ0) is 13.0. The summed E-state index contributed by atoms with van der Waals surface area (Å²) in [4.78, 5) is 12.3. The molecule has 2 rings (SSSR count). The molecule has 1 saturated heterocycles. The minimum absolute atomic E-state index is 0.232. The summed E-state index contributed by atoms with van der Waals surface area (Å²) in [6.07, 6.45) is 1.76.